The Morgan fingerprint density at radius 3 is 2.47 bits per heavy atom. The molecule has 2 aromatic carbocycles. The van der Waals surface area contributed by atoms with Gasteiger partial charge in [-0.25, -0.2) is 13.8 Å². The number of halogens is 3. The summed E-state index contributed by atoms with van der Waals surface area (Å²) < 4.78 is 41.4. The number of phenols is 1. The smallest absolute Gasteiger partial charge is 0.266 e. The van der Waals surface area contributed by atoms with Gasteiger partial charge in [0.15, 0.2) is 17.4 Å². The first kappa shape index (κ1) is 21.8. The highest BCUT2D eigenvalue weighted by atomic mass is 32.1. The van der Waals surface area contributed by atoms with Crippen LogP contribution in [0.15, 0.2) is 30.3 Å². The molecule has 1 aromatic heterocycles. The van der Waals surface area contributed by atoms with E-state index in [1.807, 2.05) is 45.0 Å². The van der Waals surface area contributed by atoms with Gasteiger partial charge in [-0.3, -0.25) is 4.79 Å². The van der Waals surface area contributed by atoms with E-state index in [9.17, 15) is 23.1 Å². The van der Waals surface area contributed by atoms with Crippen LogP contribution in [0.3, 0.4) is 0 Å². The molecule has 0 fully saturated rings. The summed E-state index contributed by atoms with van der Waals surface area (Å²) in [7, 11) is 0. The molecule has 0 aliphatic heterocycles. The van der Waals surface area contributed by atoms with Gasteiger partial charge in [0.05, 0.1) is 11.3 Å². The lowest BCUT2D eigenvalue weighted by Crippen LogP contribution is -2.36. The molecule has 0 saturated carbocycles. The first-order valence-corrected chi connectivity index (χ1v) is 10.1. The number of aromatic nitrogens is 1. The molecule has 1 N–H and O–H groups in total. The van der Waals surface area contributed by atoms with Crippen molar-refractivity contribution in [2.24, 2.45) is 0 Å². The summed E-state index contributed by atoms with van der Waals surface area (Å²) >= 11 is 0.876. The highest BCUT2D eigenvalue weighted by Gasteiger charge is 2.27. The Labute approximate surface area is 176 Å². The number of phenolic OH excluding ortho intramolecular Hbond substituents is 1. The van der Waals surface area contributed by atoms with Gasteiger partial charge in [-0.2, -0.15) is 4.39 Å². The van der Waals surface area contributed by atoms with Crippen LogP contribution in [0.2, 0.25) is 0 Å². The first-order valence-electron chi connectivity index (χ1n) is 9.31. The lowest BCUT2D eigenvalue weighted by molar-refractivity contribution is 0.0694. The zero-order valence-corrected chi connectivity index (χ0v) is 17.8. The first-order chi connectivity index (χ1) is 14.1. The van der Waals surface area contributed by atoms with Crippen molar-refractivity contribution in [1.29, 1.82) is 0 Å². The molecule has 0 unspecified atom stereocenters. The Balaban J connectivity index is 1.99. The van der Waals surface area contributed by atoms with E-state index in [2.05, 4.69) is 4.98 Å². The fraction of sp³-hybridized carbons (Fsp3) is 0.273. The molecule has 0 aliphatic rings. The van der Waals surface area contributed by atoms with E-state index in [4.69, 9.17) is 0 Å². The van der Waals surface area contributed by atoms with Crippen LogP contribution in [-0.4, -0.2) is 26.9 Å². The molecule has 1 heterocycles. The summed E-state index contributed by atoms with van der Waals surface area (Å²) in [6.45, 7) is 7.72. The molecule has 0 spiro atoms. The zero-order chi connectivity index (χ0) is 22.2. The quantitative estimate of drug-likeness (QED) is 0.532. The van der Waals surface area contributed by atoms with Crippen LogP contribution in [0.1, 0.15) is 40.3 Å². The van der Waals surface area contributed by atoms with Gasteiger partial charge in [-0.15, -0.1) is 11.3 Å². The number of rotatable bonds is 5. The lowest BCUT2D eigenvalue weighted by atomic mass is 10.1. The van der Waals surface area contributed by atoms with E-state index in [0.717, 1.165) is 22.5 Å². The van der Waals surface area contributed by atoms with Crippen molar-refractivity contribution in [1.82, 2.24) is 9.88 Å². The van der Waals surface area contributed by atoms with E-state index in [0.29, 0.717) is 18.3 Å². The van der Waals surface area contributed by atoms with E-state index in [1.54, 1.807) is 11.8 Å². The number of hydrogen-bond donors (Lipinski definition) is 1. The third-order valence-corrected chi connectivity index (χ3v) is 6.02. The number of amides is 1. The minimum atomic E-state index is -1.66. The molecule has 8 heteroatoms. The Hall–Kier alpha value is -2.87. The van der Waals surface area contributed by atoms with E-state index in [1.165, 1.54) is 0 Å². The predicted molar refractivity (Wildman–Crippen MR) is 110 cm³/mol. The maximum absolute atomic E-state index is 14.3. The number of carbonyl (C=O) groups excluding carboxylic acids is 1. The summed E-state index contributed by atoms with van der Waals surface area (Å²) in [4.78, 5) is 19.4. The van der Waals surface area contributed by atoms with Gasteiger partial charge in [-0.05, 0) is 44.9 Å². The van der Waals surface area contributed by atoms with Gasteiger partial charge < -0.3 is 10.0 Å². The lowest BCUT2D eigenvalue weighted by Gasteiger charge is -2.27. The maximum atomic E-state index is 14.3. The number of hydrogen-bond acceptors (Lipinski definition) is 4. The van der Waals surface area contributed by atoms with Gasteiger partial charge in [0.1, 0.15) is 9.88 Å². The molecular formula is C22H21F3N2O2S. The summed E-state index contributed by atoms with van der Waals surface area (Å²) in [5, 5.41) is 9.47. The summed E-state index contributed by atoms with van der Waals surface area (Å²) in [6, 6.07) is 8.25. The van der Waals surface area contributed by atoms with Crippen LogP contribution in [0.4, 0.5) is 13.2 Å². The van der Waals surface area contributed by atoms with Gasteiger partial charge in [0.2, 0.25) is 5.82 Å². The zero-order valence-electron chi connectivity index (χ0n) is 17.0. The van der Waals surface area contributed by atoms with Crippen LogP contribution < -0.4 is 0 Å². The van der Waals surface area contributed by atoms with Gasteiger partial charge in [0.25, 0.3) is 5.91 Å². The Morgan fingerprint density at radius 2 is 1.83 bits per heavy atom. The molecule has 30 heavy (non-hydrogen) atoms. The van der Waals surface area contributed by atoms with Crippen LogP contribution in [-0.2, 0) is 6.54 Å². The van der Waals surface area contributed by atoms with Crippen LogP contribution in [0, 0.1) is 31.3 Å². The highest BCUT2D eigenvalue weighted by molar-refractivity contribution is 7.17. The van der Waals surface area contributed by atoms with E-state index < -0.39 is 28.8 Å². The van der Waals surface area contributed by atoms with Gasteiger partial charge >= 0.3 is 0 Å². The van der Waals surface area contributed by atoms with E-state index >= 15 is 0 Å². The molecule has 158 valence electrons. The Morgan fingerprint density at radius 1 is 1.17 bits per heavy atom. The third kappa shape index (κ3) is 4.05. The molecule has 3 aromatic rings. The molecule has 0 bridgehead atoms. The Bertz CT molecular complexity index is 1110. The van der Waals surface area contributed by atoms with Crippen molar-refractivity contribution >= 4 is 17.2 Å². The standard InChI is InChI=1S/C22H21F3N2O2S/c1-11(2)27(10-14-8-6-5-7-12(14)3)22(29)20-13(4)26-21(30-20)15-9-16(23)18(25)19(28)17(15)24/h5-9,11,28H,10H2,1-4H3. The van der Waals surface area contributed by atoms with Crippen molar-refractivity contribution in [3.63, 3.8) is 0 Å². The van der Waals surface area contributed by atoms with Crippen molar-refractivity contribution in [2.45, 2.75) is 40.3 Å². The fourth-order valence-electron chi connectivity index (χ4n) is 3.05. The third-order valence-electron chi connectivity index (χ3n) is 4.84. The molecule has 0 atom stereocenters. The molecule has 0 radical (unpaired) electrons. The second-order valence-corrected chi connectivity index (χ2v) is 8.27. The largest absolute Gasteiger partial charge is 0.503 e. The van der Waals surface area contributed by atoms with Gasteiger partial charge in [0, 0.05) is 12.6 Å². The minimum absolute atomic E-state index is 0.0119. The molecule has 1 amide bonds. The van der Waals surface area contributed by atoms with E-state index in [-0.39, 0.29) is 21.8 Å². The number of carbonyl (C=O) groups is 1. The van der Waals surface area contributed by atoms with Crippen LogP contribution in [0.25, 0.3) is 10.6 Å². The van der Waals surface area contributed by atoms with Crippen LogP contribution >= 0.6 is 11.3 Å². The second-order valence-electron chi connectivity index (χ2n) is 7.27. The molecule has 3 rings (SSSR count). The van der Waals surface area contributed by atoms with Crippen molar-refractivity contribution in [2.75, 3.05) is 0 Å². The van der Waals surface area contributed by atoms with Gasteiger partial charge in [-0.1, -0.05) is 24.3 Å². The number of nitrogens with zero attached hydrogens (tertiary/aromatic N) is 2. The number of aryl methyl sites for hydroxylation is 2. The molecule has 4 nitrogen and oxygen atoms in total. The average molecular weight is 434 g/mol. The Kier molecular flexibility index (Phi) is 6.17. The fourth-order valence-corrected chi connectivity index (χ4v) is 4.08. The number of thiazole rings is 1. The van der Waals surface area contributed by atoms with Crippen molar-refractivity contribution < 1.29 is 23.1 Å². The predicted octanol–water partition coefficient (Wildman–Crippen LogP) is 5.60. The second kappa shape index (κ2) is 8.47. The minimum Gasteiger partial charge on any atom is -0.503 e. The molecule has 0 aliphatic carbocycles. The highest BCUT2D eigenvalue weighted by Crippen LogP contribution is 2.36. The maximum Gasteiger partial charge on any atom is 0.266 e. The number of aromatic hydroxyl groups is 1. The van der Waals surface area contributed by atoms with Crippen LogP contribution in [0.5, 0.6) is 5.75 Å². The summed E-state index contributed by atoms with van der Waals surface area (Å²) in [5.74, 6) is -6.07. The number of benzene rings is 2. The summed E-state index contributed by atoms with van der Waals surface area (Å²) in [5.41, 5.74) is 2.00. The normalized spacial score (nSPS) is 11.2. The summed E-state index contributed by atoms with van der Waals surface area (Å²) in [6.07, 6.45) is 0. The van der Waals surface area contributed by atoms with Crippen molar-refractivity contribution in [3.8, 4) is 16.3 Å². The SMILES string of the molecule is Cc1ccccc1CN(C(=O)c1sc(-c2cc(F)c(F)c(O)c2F)nc1C)C(C)C. The average Bonchev–Trinajstić information content (AvgIpc) is 3.09. The topological polar surface area (TPSA) is 53.4 Å². The molecular weight excluding hydrogens is 413 g/mol. The monoisotopic (exact) mass is 434 g/mol. The van der Waals surface area contributed by atoms with Crippen molar-refractivity contribution in [3.05, 3.63) is 69.5 Å². The molecule has 0 saturated heterocycles.